The predicted molar refractivity (Wildman–Crippen MR) is 85.7 cm³/mol. The zero-order valence-corrected chi connectivity index (χ0v) is 14.1. The largest absolute Gasteiger partial charge is 0.468 e. The second-order valence-corrected chi connectivity index (χ2v) is 6.96. The zero-order chi connectivity index (χ0) is 16.2. The Kier molecular flexibility index (Phi) is 5.51. The minimum Gasteiger partial charge on any atom is -0.468 e. The van der Waals surface area contributed by atoms with Crippen LogP contribution in [0.1, 0.15) is 58.8 Å². The van der Waals surface area contributed by atoms with Gasteiger partial charge in [0.1, 0.15) is 11.4 Å². The fourth-order valence-electron chi connectivity index (χ4n) is 2.96. The molecule has 2 atom stereocenters. The van der Waals surface area contributed by atoms with Crippen molar-refractivity contribution in [2.75, 3.05) is 13.1 Å². The van der Waals surface area contributed by atoms with Crippen LogP contribution in [0.3, 0.4) is 0 Å². The summed E-state index contributed by atoms with van der Waals surface area (Å²) in [5, 5.41) is 2.91. The standard InChI is InChI=1S/C17H28N2O3/c1-13(15-9-7-11-21-15)19-10-6-5-8-14(19)12-18-16(20)22-17(2,3)4/h7,9,11,13-14H,5-6,8,10,12H2,1-4H3,(H,18,20)/t13-,14-/m0/s1. The smallest absolute Gasteiger partial charge is 0.407 e. The van der Waals surface area contributed by atoms with E-state index in [4.69, 9.17) is 9.15 Å². The van der Waals surface area contributed by atoms with Gasteiger partial charge in [0.05, 0.1) is 12.3 Å². The molecule has 0 radical (unpaired) electrons. The Hall–Kier alpha value is -1.49. The lowest BCUT2D eigenvalue weighted by Gasteiger charge is -2.39. The number of nitrogens with one attached hydrogen (secondary N) is 1. The first-order valence-electron chi connectivity index (χ1n) is 8.13. The van der Waals surface area contributed by atoms with Gasteiger partial charge in [-0.25, -0.2) is 4.79 Å². The second-order valence-electron chi connectivity index (χ2n) is 6.96. The number of furan rings is 1. The minimum absolute atomic E-state index is 0.223. The maximum atomic E-state index is 11.8. The molecule has 1 fully saturated rings. The van der Waals surface area contributed by atoms with Gasteiger partial charge >= 0.3 is 6.09 Å². The van der Waals surface area contributed by atoms with Crippen molar-refractivity contribution >= 4 is 6.09 Å². The summed E-state index contributed by atoms with van der Waals surface area (Å²) in [6.45, 7) is 9.42. The third-order valence-corrected chi connectivity index (χ3v) is 4.01. The Labute approximate surface area is 133 Å². The molecule has 5 heteroatoms. The molecule has 0 bridgehead atoms. The Balaban J connectivity index is 1.91. The summed E-state index contributed by atoms with van der Waals surface area (Å²) in [7, 11) is 0. The predicted octanol–water partition coefficient (Wildman–Crippen LogP) is 3.72. The van der Waals surface area contributed by atoms with Crippen molar-refractivity contribution < 1.29 is 13.9 Å². The van der Waals surface area contributed by atoms with E-state index in [1.165, 1.54) is 12.8 Å². The van der Waals surface area contributed by atoms with E-state index in [-0.39, 0.29) is 12.1 Å². The lowest BCUT2D eigenvalue weighted by Crippen LogP contribution is -2.48. The van der Waals surface area contributed by atoms with Gasteiger partial charge in [0, 0.05) is 12.6 Å². The quantitative estimate of drug-likeness (QED) is 0.921. The molecule has 1 aliphatic rings. The highest BCUT2D eigenvalue weighted by molar-refractivity contribution is 5.67. The van der Waals surface area contributed by atoms with Gasteiger partial charge in [-0.3, -0.25) is 4.90 Å². The lowest BCUT2D eigenvalue weighted by molar-refractivity contribution is 0.0462. The normalized spacial score (nSPS) is 21.4. The third kappa shape index (κ3) is 4.77. The van der Waals surface area contributed by atoms with E-state index in [0.29, 0.717) is 12.6 Å². The van der Waals surface area contributed by atoms with E-state index < -0.39 is 5.60 Å². The highest BCUT2D eigenvalue weighted by atomic mass is 16.6. The van der Waals surface area contributed by atoms with Crippen LogP contribution in [-0.4, -0.2) is 35.7 Å². The number of nitrogens with zero attached hydrogens (tertiary/aromatic N) is 1. The van der Waals surface area contributed by atoms with Crippen molar-refractivity contribution in [1.29, 1.82) is 0 Å². The maximum absolute atomic E-state index is 11.8. The van der Waals surface area contributed by atoms with Gasteiger partial charge in [0.15, 0.2) is 0 Å². The maximum Gasteiger partial charge on any atom is 0.407 e. The van der Waals surface area contributed by atoms with Crippen LogP contribution >= 0.6 is 0 Å². The van der Waals surface area contributed by atoms with Gasteiger partial charge in [-0.05, 0) is 59.2 Å². The van der Waals surface area contributed by atoms with E-state index in [1.807, 2.05) is 32.9 Å². The average molecular weight is 308 g/mol. The van der Waals surface area contributed by atoms with Gasteiger partial charge in [-0.1, -0.05) is 6.42 Å². The van der Waals surface area contributed by atoms with Gasteiger partial charge in [0.25, 0.3) is 0 Å². The number of piperidine rings is 1. The van der Waals surface area contributed by atoms with E-state index in [0.717, 1.165) is 18.7 Å². The summed E-state index contributed by atoms with van der Waals surface area (Å²) in [6.07, 6.45) is 4.84. The number of hydrogen-bond acceptors (Lipinski definition) is 4. The van der Waals surface area contributed by atoms with Gasteiger partial charge < -0.3 is 14.5 Å². The van der Waals surface area contributed by atoms with E-state index >= 15 is 0 Å². The highest BCUT2D eigenvalue weighted by Crippen LogP contribution is 2.28. The number of hydrogen-bond donors (Lipinski definition) is 1. The minimum atomic E-state index is -0.461. The number of alkyl carbamates (subject to hydrolysis) is 1. The molecular formula is C17H28N2O3. The first-order chi connectivity index (χ1) is 10.4. The summed E-state index contributed by atoms with van der Waals surface area (Å²) in [5.41, 5.74) is -0.461. The lowest BCUT2D eigenvalue weighted by atomic mass is 9.99. The highest BCUT2D eigenvalue weighted by Gasteiger charge is 2.29. The molecule has 1 aliphatic heterocycles. The summed E-state index contributed by atoms with van der Waals surface area (Å²) in [5.74, 6) is 0.976. The summed E-state index contributed by atoms with van der Waals surface area (Å²) in [4.78, 5) is 14.3. The monoisotopic (exact) mass is 308 g/mol. The van der Waals surface area contributed by atoms with Crippen molar-refractivity contribution in [1.82, 2.24) is 10.2 Å². The third-order valence-electron chi connectivity index (χ3n) is 4.01. The van der Waals surface area contributed by atoms with Crippen molar-refractivity contribution in [2.24, 2.45) is 0 Å². The number of amides is 1. The molecule has 1 N–H and O–H groups in total. The van der Waals surface area contributed by atoms with Crippen LogP contribution in [0.4, 0.5) is 4.79 Å². The number of carbonyl (C=O) groups excluding carboxylic acids is 1. The van der Waals surface area contributed by atoms with E-state index in [9.17, 15) is 4.79 Å². The molecule has 0 saturated carbocycles. The fourth-order valence-corrected chi connectivity index (χ4v) is 2.96. The van der Waals surface area contributed by atoms with E-state index in [1.54, 1.807) is 6.26 Å². The molecule has 0 aromatic carbocycles. The molecule has 0 spiro atoms. The molecule has 22 heavy (non-hydrogen) atoms. The summed E-state index contributed by atoms with van der Waals surface area (Å²) < 4.78 is 10.8. The van der Waals surface area contributed by atoms with Crippen molar-refractivity contribution in [3.05, 3.63) is 24.2 Å². The molecule has 0 aliphatic carbocycles. The Morgan fingerprint density at radius 1 is 1.50 bits per heavy atom. The molecule has 1 saturated heterocycles. The average Bonchev–Trinajstić information content (AvgIpc) is 2.97. The fraction of sp³-hybridized carbons (Fsp3) is 0.706. The molecular weight excluding hydrogens is 280 g/mol. The number of carbonyl (C=O) groups is 1. The van der Waals surface area contributed by atoms with Crippen molar-refractivity contribution in [3.63, 3.8) is 0 Å². The Morgan fingerprint density at radius 2 is 2.27 bits per heavy atom. The van der Waals surface area contributed by atoms with Crippen LogP contribution in [0.5, 0.6) is 0 Å². The molecule has 1 aromatic rings. The summed E-state index contributed by atoms with van der Waals surface area (Å²) >= 11 is 0. The molecule has 0 unspecified atom stereocenters. The number of rotatable bonds is 4. The molecule has 1 amide bonds. The van der Waals surface area contributed by atoms with Crippen LogP contribution in [0.2, 0.25) is 0 Å². The topological polar surface area (TPSA) is 54.7 Å². The first-order valence-corrected chi connectivity index (χ1v) is 8.13. The Bertz CT molecular complexity index is 465. The van der Waals surface area contributed by atoms with Crippen LogP contribution in [-0.2, 0) is 4.74 Å². The van der Waals surface area contributed by atoms with Gasteiger partial charge in [0.2, 0.25) is 0 Å². The second kappa shape index (κ2) is 7.18. The van der Waals surface area contributed by atoms with Crippen molar-refractivity contribution in [2.45, 2.75) is 64.6 Å². The van der Waals surface area contributed by atoms with Gasteiger partial charge in [-0.15, -0.1) is 0 Å². The van der Waals surface area contributed by atoms with Gasteiger partial charge in [-0.2, -0.15) is 0 Å². The zero-order valence-electron chi connectivity index (χ0n) is 14.1. The number of ether oxygens (including phenoxy) is 1. The van der Waals surface area contributed by atoms with E-state index in [2.05, 4.69) is 17.1 Å². The van der Waals surface area contributed by atoms with Crippen LogP contribution < -0.4 is 5.32 Å². The molecule has 2 rings (SSSR count). The number of likely N-dealkylation sites (tertiary alicyclic amines) is 1. The molecule has 1 aromatic heterocycles. The first kappa shape index (κ1) is 16.9. The summed E-state index contributed by atoms with van der Waals surface area (Å²) in [6, 6.07) is 4.48. The SMILES string of the molecule is C[C@@H](c1ccco1)N1CCCC[C@H]1CNC(=O)OC(C)(C)C. The van der Waals surface area contributed by atoms with Crippen LogP contribution in [0.15, 0.2) is 22.8 Å². The molecule has 5 nitrogen and oxygen atoms in total. The van der Waals surface area contributed by atoms with Crippen LogP contribution in [0.25, 0.3) is 0 Å². The van der Waals surface area contributed by atoms with Crippen molar-refractivity contribution in [3.8, 4) is 0 Å². The molecule has 2 heterocycles. The Morgan fingerprint density at radius 3 is 2.91 bits per heavy atom. The molecule has 124 valence electrons. The van der Waals surface area contributed by atoms with Crippen LogP contribution in [0, 0.1) is 0 Å².